The lowest BCUT2D eigenvalue weighted by Crippen LogP contribution is -2.34. The summed E-state index contributed by atoms with van der Waals surface area (Å²) in [5.74, 6) is 1.95. The molecule has 1 heterocycles. The fraction of sp³-hybridized carbons (Fsp3) is 0.333. The minimum atomic E-state index is -1.11. The highest BCUT2D eigenvalue weighted by atomic mass is 16.5. The first-order chi connectivity index (χ1) is 11.6. The van der Waals surface area contributed by atoms with Crippen LogP contribution in [0.3, 0.4) is 0 Å². The summed E-state index contributed by atoms with van der Waals surface area (Å²) in [6.07, 6.45) is -2.94. The van der Waals surface area contributed by atoms with E-state index >= 15 is 0 Å². The topological polar surface area (TPSA) is 77.4 Å². The van der Waals surface area contributed by atoms with E-state index in [4.69, 9.17) is 18.9 Å². The molecule has 1 aliphatic heterocycles. The predicted molar refractivity (Wildman–Crippen MR) is 86.9 cm³/mol. The Labute approximate surface area is 140 Å². The molecule has 3 rings (SSSR count). The molecule has 2 N–H and O–H groups in total. The molecule has 0 spiro atoms. The molecule has 2 aromatic rings. The average molecular weight is 332 g/mol. The molecule has 0 bridgehead atoms. The van der Waals surface area contributed by atoms with Gasteiger partial charge in [-0.05, 0) is 29.8 Å². The molecule has 0 unspecified atom stereocenters. The zero-order valence-corrected chi connectivity index (χ0v) is 13.7. The Morgan fingerprint density at radius 2 is 1.58 bits per heavy atom. The summed E-state index contributed by atoms with van der Waals surface area (Å²) in [6, 6.07) is 10.5. The van der Waals surface area contributed by atoms with Gasteiger partial charge in [0.25, 0.3) is 0 Å². The number of rotatable bonds is 4. The van der Waals surface area contributed by atoms with Crippen LogP contribution in [0.15, 0.2) is 36.4 Å². The summed E-state index contributed by atoms with van der Waals surface area (Å²) in [6.45, 7) is 0. The Hall–Kier alpha value is -2.44. The lowest BCUT2D eigenvalue weighted by molar-refractivity contribution is -0.0710. The van der Waals surface area contributed by atoms with Gasteiger partial charge < -0.3 is 29.2 Å². The van der Waals surface area contributed by atoms with Crippen LogP contribution in [0.1, 0.15) is 23.3 Å². The molecule has 0 fully saturated rings. The molecule has 3 atom stereocenters. The van der Waals surface area contributed by atoms with Crippen molar-refractivity contribution < 1.29 is 29.2 Å². The van der Waals surface area contributed by atoms with Gasteiger partial charge in [-0.25, -0.2) is 0 Å². The van der Waals surface area contributed by atoms with Gasteiger partial charge in [0.2, 0.25) is 5.75 Å². The zero-order chi connectivity index (χ0) is 17.3. The molecule has 1 aliphatic rings. The van der Waals surface area contributed by atoms with Crippen molar-refractivity contribution in [2.45, 2.75) is 18.3 Å². The Kier molecular flexibility index (Phi) is 4.51. The van der Waals surface area contributed by atoms with Crippen molar-refractivity contribution in [2.75, 3.05) is 21.3 Å². The fourth-order valence-electron chi connectivity index (χ4n) is 2.87. The summed E-state index contributed by atoms with van der Waals surface area (Å²) < 4.78 is 21.8. The van der Waals surface area contributed by atoms with Gasteiger partial charge in [-0.2, -0.15) is 0 Å². The number of methoxy groups -OCH3 is 3. The summed E-state index contributed by atoms with van der Waals surface area (Å²) in [5, 5.41) is 21.0. The third kappa shape index (κ3) is 2.64. The van der Waals surface area contributed by atoms with Crippen LogP contribution in [0.4, 0.5) is 0 Å². The van der Waals surface area contributed by atoms with Crippen LogP contribution in [0, 0.1) is 0 Å². The molecule has 6 nitrogen and oxygen atoms in total. The lowest BCUT2D eigenvalue weighted by Gasteiger charge is -2.35. The SMILES string of the molecule is COc1ccc([C@H]2Oc3c(ccc(OC)c3OC)[C@@H](O)[C@H]2O)cc1. The molecule has 128 valence electrons. The van der Waals surface area contributed by atoms with Crippen molar-refractivity contribution in [1.29, 1.82) is 0 Å². The van der Waals surface area contributed by atoms with Gasteiger partial charge in [-0.15, -0.1) is 0 Å². The van der Waals surface area contributed by atoms with Gasteiger partial charge >= 0.3 is 0 Å². The largest absolute Gasteiger partial charge is 0.497 e. The van der Waals surface area contributed by atoms with Crippen molar-refractivity contribution >= 4 is 0 Å². The van der Waals surface area contributed by atoms with Gasteiger partial charge in [0.15, 0.2) is 17.6 Å². The van der Waals surface area contributed by atoms with Crippen molar-refractivity contribution in [3.8, 4) is 23.0 Å². The maximum absolute atomic E-state index is 10.5. The number of hydrogen-bond donors (Lipinski definition) is 2. The van der Waals surface area contributed by atoms with E-state index in [0.717, 1.165) is 5.56 Å². The second kappa shape index (κ2) is 6.59. The third-order valence-electron chi connectivity index (χ3n) is 4.17. The molecule has 0 saturated heterocycles. The minimum absolute atomic E-state index is 0.371. The average Bonchev–Trinajstić information content (AvgIpc) is 2.63. The van der Waals surface area contributed by atoms with Crippen LogP contribution in [0.25, 0.3) is 0 Å². The predicted octanol–water partition coefficient (Wildman–Crippen LogP) is 2.24. The van der Waals surface area contributed by atoms with Crippen LogP contribution < -0.4 is 18.9 Å². The molecule has 0 aliphatic carbocycles. The Morgan fingerprint density at radius 1 is 0.875 bits per heavy atom. The van der Waals surface area contributed by atoms with Crippen LogP contribution in [-0.2, 0) is 0 Å². The number of aliphatic hydroxyl groups excluding tert-OH is 2. The molecule has 2 aromatic carbocycles. The van der Waals surface area contributed by atoms with Crippen molar-refractivity contribution in [3.05, 3.63) is 47.5 Å². The van der Waals surface area contributed by atoms with Gasteiger partial charge in [0.1, 0.15) is 18.0 Å². The quantitative estimate of drug-likeness (QED) is 0.894. The highest BCUT2D eigenvalue weighted by Crippen LogP contribution is 2.49. The van der Waals surface area contributed by atoms with Gasteiger partial charge in [-0.1, -0.05) is 12.1 Å². The normalized spacial score (nSPS) is 22.3. The van der Waals surface area contributed by atoms with E-state index in [2.05, 4.69) is 0 Å². The highest BCUT2D eigenvalue weighted by molar-refractivity contribution is 5.58. The first kappa shape index (κ1) is 16.4. The molecular formula is C18H20O6. The monoisotopic (exact) mass is 332 g/mol. The fourth-order valence-corrected chi connectivity index (χ4v) is 2.87. The van der Waals surface area contributed by atoms with Crippen LogP contribution in [0.5, 0.6) is 23.0 Å². The smallest absolute Gasteiger partial charge is 0.203 e. The van der Waals surface area contributed by atoms with E-state index in [1.54, 1.807) is 43.5 Å². The molecule has 0 aromatic heterocycles. The maximum atomic E-state index is 10.5. The summed E-state index contributed by atoms with van der Waals surface area (Å²) in [4.78, 5) is 0. The van der Waals surface area contributed by atoms with Crippen molar-refractivity contribution in [3.63, 3.8) is 0 Å². The van der Waals surface area contributed by atoms with Gasteiger partial charge in [0.05, 0.1) is 21.3 Å². The van der Waals surface area contributed by atoms with E-state index in [1.165, 1.54) is 14.2 Å². The molecule has 6 heteroatoms. The summed E-state index contributed by atoms with van der Waals surface area (Å²) in [7, 11) is 4.61. The van der Waals surface area contributed by atoms with Crippen LogP contribution in [-0.4, -0.2) is 37.6 Å². The van der Waals surface area contributed by atoms with Crippen molar-refractivity contribution in [2.24, 2.45) is 0 Å². The van der Waals surface area contributed by atoms with E-state index in [0.29, 0.717) is 28.6 Å². The number of ether oxygens (including phenoxy) is 4. The number of hydrogen-bond acceptors (Lipinski definition) is 6. The highest BCUT2D eigenvalue weighted by Gasteiger charge is 2.39. The Balaban J connectivity index is 2.04. The number of fused-ring (bicyclic) bond motifs is 1. The summed E-state index contributed by atoms with van der Waals surface area (Å²) >= 11 is 0. The third-order valence-corrected chi connectivity index (χ3v) is 4.17. The van der Waals surface area contributed by atoms with Crippen LogP contribution in [0.2, 0.25) is 0 Å². The molecule has 0 saturated carbocycles. The van der Waals surface area contributed by atoms with E-state index < -0.39 is 18.3 Å². The van der Waals surface area contributed by atoms with E-state index in [-0.39, 0.29) is 0 Å². The minimum Gasteiger partial charge on any atom is -0.497 e. The van der Waals surface area contributed by atoms with E-state index in [9.17, 15) is 10.2 Å². The summed E-state index contributed by atoms with van der Waals surface area (Å²) in [5.41, 5.74) is 1.18. The van der Waals surface area contributed by atoms with Crippen LogP contribution >= 0.6 is 0 Å². The molecule has 0 amide bonds. The zero-order valence-electron chi connectivity index (χ0n) is 13.7. The Bertz CT molecular complexity index is 712. The second-order valence-electron chi connectivity index (χ2n) is 5.47. The first-order valence-electron chi connectivity index (χ1n) is 7.52. The number of aliphatic hydroxyl groups is 2. The maximum Gasteiger partial charge on any atom is 0.203 e. The van der Waals surface area contributed by atoms with Crippen molar-refractivity contribution in [1.82, 2.24) is 0 Å². The molecular weight excluding hydrogens is 312 g/mol. The molecule has 24 heavy (non-hydrogen) atoms. The van der Waals surface area contributed by atoms with Gasteiger partial charge in [0, 0.05) is 5.56 Å². The first-order valence-corrected chi connectivity index (χ1v) is 7.52. The molecule has 0 radical (unpaired) electrons. The second-order valence-corrected chi connectivity index (χ2v) is 5.47. The Morgan fingerprint density at radius 3 is 2.17 bits per heavy atom. The lowest BCUT2D eigenvalue weighted by atomic mass is 9.92. The van der Waals surface area contributed by atoms with Gasteiger partial charge in [-0.3, -0.25) is 0 Å². The number of benzene rings is 2. The standard InChI is InChI=1S/C18H20O6/c1-21-11-6-4-10(5-7-11)16-15(20)14(19)12-8-9-13(22-2)18(23-3)17(12)24-16/h4-9,14-16,19-20H,1-3H3/t14-,15-,16-/m1/s1. The van der Waals surface area contributed by atoms with E-state index in [1.807, 2.05) is 0 Å².